The van der Waals surface area contributed by atoms with Crippen molar-refractivity contribution in [3.8, 4) is 0 Å². The van der Waals surface area contributed by atoms with Crippen LogP contribution in [0.2, 0.25) is 0 Å². The SMILES string of the molecule is CC1CCCCC1CNC(=O)CC(C)(C(=O)O)C(C)C. The van der Waals surface area contributed by atoms with Crippen molar-refractivity contribution in [3.05, 3.63) is 0 Å². The lowest BCUT2D eigenvalue weighted by Crippen LogP contribution is -2.41. The highest BCUT2D eigenvalue weighted by Crippen LogP contribution is 2.32. The second-order valence-corrected chi connectivity index (χ2v) is 6.88. The monoisotopic (exact) mass is 283 g/mol. The molecule has 4 heteroatoms. The highest BCUT2D eigenvalue weighted by Gasteiger charge is 2.38. The van der Waals surface area contributed by atoms with E-state index >= 15 is 0 Å². The fraction of sp³-hybridized carbons (Fsp3) is 0.875. The van der Waals surface area contributed by atoms with Crippen molar-refractivity contribution in [2.75, 3.05) is 6.54 Å². The Morgan fingerprint density at radius 1 is 1.30 bits per heavy atom. The number of carbonyl (C=O) groups excluding carboxylic acids is 1. The third-order valence-corrected chi connectivity index (χ3v) is 5.14. The summed E-state index contributed by atoms with van der Waals surface area (Å²) >= 11 is 0. The topological polar surface area (TPSA) is 66.4 Å². The van der Waals surface area contributed by atoms with Crippen molar-refractivity contribution in [1.29, 1.82) is 0 Å². The van der Waals surface area contributed by atoms with Gasteiger partial charge in [0.2, 0.25) is 5.91 Å². The minimum absolute atomic E-state index is 0.0566. The lowest BCUT2D eigenvalue weighted by atomic mass is 9.76. The summed E-state index contributed by atoms with van der Waals surface area (Å²) in [5, 5.41) is 12.3. The van der Waals surface area contributed by atoms with E-state index in [0.717, 1.165) is 0 Å². The number of hydrogen-bond acceptors (Lipinski definition) is 2. The number of amides is 1. The maximum atomic E-state index is 12.0. The Labute approximate surface area is 122 Å². The van der Waals surface area contributed by atoms with Crippen molar-refractivity contribution in [3.63, 3.8) is 0 Å². The average Bonchev–Trinajstić information content (AvgIpc) is 2.37. The Balaban J connectivity index is 2.48. The molecule has 20 heavy (non-hydrogen) atoms. The fourth-order valence-electron chi connectivity index (χ4n) is 2.86. The van der Waals surface area contributed by atoms with Crippen LogP contribution in [0.25, 0.3) is 0 Å². The zero-order valence-corrected chi connectivity index (χ0v) is 13.2. The molecular weight excluding hydrogens is 254 g/mol. The van der Waals surface area contributed by atoms with Crippen molar-refractivity contribution < 1.29 is 14.7 Å². The maximum absolute atomic E-state index is 12.0. The summed E-state index contributed by atoms with van der Waals surface area (Å²) in [7, 11) is 0. The minimum atomic E-state index is -0.984. The summed E-state index contributed by atoms with van der Waals surface area (Å²) in [6, 6.07) is 0. The molecule has 2 N–H and O–H groups in total. The smallest absolute Gasteiger partial charge is 0.310 e. The van der Waals surface area contributed by atoms with Crippen LogP contribution in [0.1, 0.15) is 59.8 Å². The predicted molar refractivity (Wildman–Crippen MR) is 79.3 cm³/mol. The lowest BCUT2D eigenvalue weighted by Gasteiger charge is -2.31. The Morgan fingerprint density at radius 3 is 2.40 bits per heavy atom. The van der Waals surface area contributed by atoms with Gasteiger partial charge in [0, 0.05) is 13.0 Å². The molecule has 1 fully saturated rings. The van der Waals surface area contributed by atoms with Crippen molar-refractivity contribution in [2.24, 2.45) is 23.2 Å². The number of aliphatic carboxylic acids is 1. The third-order valence-electron chi connectivity index (χ3n) is 5.14. The predicted octanol–water partition coefficient (Wildman–Crippen LogP) is 3.07. The zero-order chi connectivity index (χ0) is 15.3. The molecule has 0 radical (unpaired) electrons. The summed E-state index contributed by atoms with van der Waals surface area (Å²) in [4.78, 5) is 23.4. The van der Waals surface area contributed by atoms with Gasteiger partial charge in [0.05, 0.1) is 5.41 Å². The molecule has 0 bridgehead atoms. The molecular formula is C16H29NO3. The van der Waals surface area contributed by atoms with Crippen LogP contribution >= 0.6 is 0 Å². The molecule has 0 spiro atoms. The number of hydrogen-bond donors (Lipinski definition) is 2. The molecule has 0 aliphatic heterocycles. The molecule has 0 saturated heterocycles. The molecule has 1 aliphatic carbocycles. The van der Waals surface area contributed by atoms with E-state index in [1.165, 1.54) is 25.7 Å². The molecule has 3 atom stereocenters. The molecule has 1 aliphatic rings. The van der Waals surface area contributed by atoms with Gasteiger partial charge < -0.3 is 10.4 Å². The highest BCUT2D eigenvalue weighted by molar-refractivity contribution is 5.84. The Hall–Kier alpha value is -1.06. The van der Waals surface area contributed by atoms with Crippen LogP contribution in [-0.4, -0.2) is 23.5 Å². The second-order valence-electron chi connectivity index (χ2n) is 6.88. The van der Waals surface area contributed by atoms with E-state index in [0.29, 0.717) is 18.4 Å². The molecule has 1 rings (SSSR count). The van der Waals surface area contributed by atoms with E-state index in [2.05, 4.69) is 12.2 Å². The van der Waals surface area contributed by atoms with Gasteiger partial charge in [-0.1, -0.05) is 40.0 Å². The third kappa shape index (κ3) is 4.22. The maximum Gasteiger partial charge on any atom is 0.310 e. The largest absolute Gasteiger partial charge is 0.481 e. The minimum Gasteiger partial charge on any atom is -0.481 e. The van der Waals surface area contributed by atoms with Crippen LogP contribution < -0.4 is 5.32 Å². The molecule has 1 saturated carbocycles. The summed E-state index contributed by atoms with van der Waals surface area (Å²) in [6.45, 7) is 8.29. The summed E-state index contributed by atoms with van der Waals surface area (Å²) in [6.07, 6.45) is 4.99. The molecule has 0 aromatic carbocycles. The first-order chi connectivity index (χ1) is 9.27. The van der Waals surface area contributed by atoms with Crippen LogP contribution in [0, 0.1) is 23.2 Å². The molecule has 4 nitrogen and oxygen atoms in total. The van der Waals surface area contributed by atoms with Crippen LogP contribution in [0.4, 0.5) is 0 Å². The highest BCUT2D eigenvalue weighted by atomic mass is 16.4. The molecule has 0 aromatic rings. The Bertz CT molecular complexity index is 354. The first-order valence-corrected chi connectivity index (χ1v) is 7.77. The average molecular weight is 283 g/mol. The summed E-state index contributed by atoms with van der Waals surface area (Å²) in [5.74, 6) is 0.0947. The Morgan fingerprint density at radius 2 is 1.90 bits per heavy atom. The van der Waals surface area contributed by atoms with E-state index in [1.807, 2.05) is 13.8 Å². The lowest BCUT2D eigenvalue weighted by molar-refractivity contribution is -0.153. The Kier molecular flexibility index (Phi) is 6.03. The van der Waals surface area contributed by atoms with E-state index in [1.54, 1.807) is 6.92 Å². The molecule has 116 valence electrons. The van der Waals surface area contributed by atoms with Gasteiger partial charge in [-0.05, 0) is 31.1 Å². The first-order valence-electron chi connectivity index (χ1n) is 7.77. The van der Waals surface area contributed by atoms with E-state index in [-0.39, 0.29) is 18.2 Å². The fourth-order valence-corrected chi connectivity index (χ4v) is 2.86. The number of carboxylic acid groups (broad SMARTS) is 1. The van der Waals surface area contributed by atoms with E-state index < -0.39 is 11.4 Å². The quantitative estimate of drug-likeness (QED) is 0.787. The molecule has 1 amide bonds. The summed E-state index contributed by atoms with van der Waals surface area (Å²) < 4.78 is 0. The standard InChI is InChI=1S/C16H29NO3/c1-11(2)16(4,15(19)20)9-14(18)17-10-13-8-6-5-7-12(13)3/h11-13H,5-10H2,1-4H3,(H,17,18)(H,19,20). The molecule has 0 heterocycles. The van der Waals surface area contributed by atoms with Gasteiger partial charge in [-0.25, -0.2) is 0 Å². The number of carbonyl (C=O) groups is 2. The van der Waals surface area contributed by atoms with Gasteiger partial charge in [0.15, 0.2) is 0 Å². The zero-order valence-electron chi connectivity index (χ0n) is 13.2. The van der Waals surface area contributed by atoms with Gasteiger partial charge >= 0.3 is 5.97 Å². The normalized spacial score (nSPS) is 26.1. The summed E-state index contributed by atoms with van der Waals surface area (Å²) in [5.41, 5.74) is -0.984. The van der Waals surface area contributed by atoms with Gasteiger partial charge in [-0.3, -0.25) is 9.59 Å². The molecule has 3 unspecified atom stereocenters. The first kappa shape index (κ1) is 17.0. The van der Waals surface area contributed by atoms with Crippen molar-refractivity contribution >= 4 is 11.9 Å². The number of carboxylic acids is 1. The van der Waals surface area contributed by atoms with E-state index in [9.17, 15) is 14.7 Å². The van der Waals surface area contributed by atoms with Gasteiger partial charge in [-0.2, -0.15) is 0 Å². The van der Waals surface area contributed by atoms with Gasteiger partial charge in [0.1, 0.15) is 0 Å². The van der Waals surface area contributed by atoms with Crippen LogP contribution in [0.15, 0.2) is 0 Å². The number of rotatable bonds is 6. The van der Waals surface area contributed by atoms with Crippen LogP contribution in [0.3, 0.4) is 0 Å². The van der Waals surface area contributed by atoms with Crippen molar-refractivity contribution in [1.82, 2.24) is 5.32 Å². The molecule has 0 aromatic heterocycles. The van der Waals surface area contributed by atoms with E-state index in [4.69, 9.17) is 0 Å². The van der Waals surface area contributed by atoms with Gasteiger partial charge in [0.25, 0.3) is 0 Å². The second kappa shape index (κ2) is 7.09. The number of nitrogens with one attached hydrogen (secondary N) is 1. The van der Waals surface area contributed by atoms with Crippen LogP contribution in [0.5, 0.6) is 0 Å². The van der Waals surface area contributed by atoms with Crippen LogP contribution in [-0.2, 0) is 9.59 Å². The van der Waals surface area contributed by atoms with Gasteiger partial charge in [-0.15, -0.1) is 0 Å². The van der Waals surface area contributed by atoms with Crippen molar-refractivity contribution in [2.45, 2.75) is 59.8 Å².